The Morgan fingerprint density at radius 2 is 2.17 bits per heavy atom. The first-order chi connectivity index (χ1) is 8.67. The van der Waals surface area contributed by atoms with Crippen molar-refractivity contribution in [2.75, 3.05) is 6.54 Å². The quantitative estimate of drug-likeness (QED) is 0.862. The molecule has 1 aromatic carbocycles. The first kappa shape index (κ1) is 13.1. The normalized spacial score (nSPS) is 20.1. The Morgan fingerprint density at radius 1 is 1.44 bits per heavy atom. The van der Waals surface area contributed by atoms with Crippen LogP contribution in [0.3, 0.4) is 0 Å². The van der Waals surface area contributed by atoms with Gasteiger partial charge in [0.25, 0.3) is 0 Å². The van der Waals surface area contributed by atoms with Crippen molar-refractivity contribution in [2.45, 2.75) is 25.9 Å². The molecule has 0 bridgehead atoms. The molecule has 3 N–H and O–H groups in total. The highest BCUT2D eigenvalue weighted by atomic mass is 35.5. The van der Waals surface area contributed by atoms with Gasteiger partial charge in [0.05, 0.1) is 11.9 Å². The van der Waals surface area contributed by atoms with Crippen molar-refractivity contribution >= 4 is 11.6 Å². The van der Waals surface area contributed by atoms with Crippen molar-refractivity contribution in [1.82, 2.24) is 5.32 Å². The second kappa shape index (κ2) is 6.01. The second-order valence-electron chi connectivity index (χ2n) is 4.60. The third-order valence-corrected chi connectivity index (χ3v) is 3.37. The zero-order valence-corrected chi connectivity index (χ0v) is 11.3. The van der Waals surface area contributed by atoms with Gasteiger partial charge < -0.3 is 15.8 Å². The Kier molecular flexibility index (Phi) is 4.37. The first-order valence-corrected chi connectivity index (χ1v) is 6.68. The van der Waals surface area contributed by atoms with Crippen LogP contribution in [0.4, 0.5) is 0 Å². The van der Waals surface area contributed by atoms with Crippen molar-refractivity contribution in [1.29, 1.82) is 0 Å². The molecule has 0 aliphatic carbocycles. The molecule has 3 nitrogen and oxygen atoms in total. The molecule has 1 aliphatic rings. The maximum atomic E-state index is 5.96. The Balaban J connectivity index is 1.91. The van der Waals surface area contributed by atoms with E-state index in [1.807, 2.05) is 24.3 Å². The van der Waals surface area contributed by atoms with Crippen LogP contribution in [0.2, 0.25) is 5.02 Å². The van der Waals surface area contributed by atoms with E-state index in [4.69, 9.17) is 22.1 Å². The predicted molar refractivity (Wildman–Crippen MR) is 74.5 cm³/mol. The number of halogens is 1. The molecule has 1 aromatic rings. The minimum atomic E-state index is 0.208. The van der Waals surface area contributed by atoms with Crippen molar-refractivity contribution in [2.24, 2.45) is 11.7 Å². The fraction of sp³-hybridized carbons (Fsp3) is 0.429. The Morgan fingerprint density at radius 3 is 2.72 bits per heavy atom. The zero-order chi connectivity index (χ0) is 13.0. The van der Waals surface area contributed by atoms with Crippen LogP contribution in [0, 0.1) is 5.92 Å². The molecular formula is C14H19ClN2O. The van der Waals surface area contributed by atoms with E-state index in [0.717, 1.165) is 36.0 Å². The summed E-state index contributed by atoms with van der Waals surface area (Å²) in [6, 6.07) is 7.50. The fourth-order valence-electron chi connectivity index (χ4n) is 2.11. The summed E-state index contributed by atoms with van der Waals surface area (Å²) in [6.45, 7) is 3.04. The van der Waals surface area contributed by atoms with E-state index >= 15 is 0 Å². The minimum Gasteiger partial charge on any atom is -0.490 e. The van der Waals surface area contributed by atoms with E-state index in [1.54, 1.807) is 0 Å². The Bertz CT molecular complexity index is 416. The van der Waals surface area contributed by atoms with Gasteiger partial charge in [-0.3, -0.25) is 0 Å². The van der Waals surface area contributed by atoms with Gasteiger partial charge in [0.1, 0.15) is 5.75 Å². The lowest BCUT2D eigenvalue weighted by Crippen LogP contribution is -2.22. The SMILES string of the molecule is CC[C@@H](C[C@H]1C=C(N)NC1)Oc1ccc(Cl)cc1. The molecule has 0 radical (unpaired) electrons. The molecule has 0 unspecified atom stereocenters. The summed E-state index contributed by atoms with van der Waals surface area (Å²) in [5, 5.41) is 3.86. The largest absolute Gasteiger partial charge is 0.490 e. The van der Waals surface area contributed by atoms with Gasteiger partial charge in [0.15, 0.2) is 0 Å². The van der Waals surface area contributed by atoms with Crippen LogP contribution in [-0.2, 0) is 0 Å². The number of hydrogen-bond donors (Lipinski definition) is 2. The van der Waals surface area contributed by atoms with Gasteiger partial charge in [0, 0.05) is 17.5 Å². The van der Waals surface area contributed by atoms with Gasteiger partial charge in [-0.2, -0.15) is 0 Å². The molecule has 1 heterocycles. The zero-order valence-electron chi connectivity index (χ0n) is 10.5. The average molecular weight is 267 g/mol. The molecular weight excluding hydrogens is 248 g/mol. The summed E-state index contributed by atoms with van der Waals surface area (Å²) in [5.74, 6) is 2.11. The summed E-state index contributed by atoms with van der Waals surface area (Å²) in [4.78, 5) is 0. The molecule has 2 rings (SSSR count). The summed E-state index contributed by atoms with van der Waals surface area (Å²) < 4.78 is 5.96. The Labute approximate surface area is 113 Å². The van der Waals surface area contributed by atoms with Gasteiger partial charge in [-0.05, 0) is 43.2 Å². The highest BCUT2D eigenvalue weighted by molar-refractivity contribution is 6.30. The monoisotopic (exact) mass is 266 g/mol. The fourth-order valence-corrected chi connectivity index (χ4v) is 2.24. The lowest BCUT2D eigenvalue weighted by molar-refractivity contribution is 0.173. The lowest BCUT2D eigenvalue weighted by atomic mass is 10.0. The van der Waals surface area contributed by atoms with Crippen molar-refractivity contribution in [3.8, 4) is 5.75 Å². The number of rotatable bonds is 5. The molecule has 0 saturated carbocycles. The third-order valence-electron chi connectivity index (χ3n) is 3.12. The number of ether oxygens (including phenoxy) is 1. The van der Waals surface area contributed by atoms with Crippen LogP contribution in [0.5, 0.6) is 5.75 Å². The lowest BCUT2D eigenvalue weighted by Gasteiger charge is -2.20. The van der Waals surface area contributed by atoms with Crippen LogP contribution in [-0.4, -0.2) is 12.6 Å². The molecule has 98 valence electrons. The van der Waals surface area contributed by atoms with E-state index in [-0.39, 0.29) is 6.10 Å². The van der Waals surface area contributed by atoms with Gasteiger partial charge in [-0.25, -0.2) is 0 Å². The minimum absolute atomic E-state index is 0.208. The highest BCUT2D eigenvalue weighted by Gasteiger charge is 2.19. The summed E-state index contributed by atoms with van der Waals surface area (Å²) >= 11 is 5.85. The molecule has 4 heteroatoms. The van der Waals surface area contributed by atoms with Gasteiger partial charge >= 0.3 is 0 Å². The topological polar surface area (TPSA) is 47.3 Å². The van der Waals surface area contributed by atoms with E-state index in [1.165, 1.54) is 0 Å². The molecule has 0 fully saturated rings. The van der Waals surface area contributed by atoms with E-state index in [2.05, 4.69) is 18.3 Å². The van der Waals surface area contributed by atoms with E-state index < -0.39 is 0 Å². The molecule has 1 aliphatic heterocycles. The molecule has 0 saturated heterocycles. The highest BCUT2D eigenvalue weighted by Crippen LogP contribution is 2.22. The maximum Gasteiger partial charge on any atom is 0.119 e. The smallest absolute Gasteiger partial charge is 0.119 e. The molecule has 0 spiro atoms. The number of nitrogens with one attached hydrogen (secondary N) is 1. The second-order valence-corrected chi connectivity index (χ2v) is 5.04. The Hall–Kier alpha value is -1.35. The number of benzene rings is 1. The third kappa shape index (κ3) is 3.57. The molecule has 18 heavy (non-hydrogen) atoms. The number of nitrogens with two attached hydrogens (primary N) is 1. The number of hydrogen-bond acceptors (Lipinski definition) is 3. The average Bonchev–Trinajstić information content (AvgIpc) is 2.77. The van der Waals surface area contributed by atoms with Crippen LogP contribution in [0.1, 0.15) is 19.8 Å². The molecule has 2 atom stereocenters. The summed E-state index contributed by atoms with van der Waals surface area (Å²) in [6.07, 6.45) is 4.24. The van der Waals surface area contributed by atoms with Gasteiger partial charge in [0.2, 0.25) is 0 Å². The van der Waals surface area contributed by atoms with Gasteiger partial charge in [-0.15, -0.1) is 0 Å². The van der Waals surface area contributed by atoms with Crippen molar-refractivity contribution in [3.63, 3.8) is 0 Å². The predicted octanol–water partition coefficient (Wildman–Crippen LogP) is 2.91. The standard InChI is InChI=1S/C14H19ClN2O/c1-2-12(7-10-8-14(16)17-9-10)18-13-5-3-11(15)4-6-13/h3-6,8,10,12,17H,2,7,9,16H2,1H3/t10-,12-/m0/s1. The molecule has 0 amide bonds. The van der Waals surface area contributed by atoms with Crippen molar-refractivity contribution < 1.29 is 4.74 Å². The first-order valence-electron chi connectivity index (χ1n) is 6.30. The van der Waals surface area contributed by atoms with Crippen LogP contribution in [0.15, 0.2) is 36.2 Å². The van der Waals surface area contributed by atoms with Gasteiger partial charge in [-0.1, -0.05) is 18.5 Å². The van der Waals surface area contributed by atoms with Crippen LogP contribution >= 0.6 is 11.6 Å². The van der Waals surface area contributed by atoms with Crippen molar-refractivity contribution in [3.05, 3.63) is 41.2 Å². The summed E-state index contributed by atoms with van der Waals surface area (Å²) in [7, 11) is 0. The van der Waals surface area contributed by atoms with E-state index in [0.29, 0.717) is 5.92 Å². The van der Waals surface area contributed by atoms with Crippen LogP contribution in [0.25, 0.3) is 0 Å². The van der Waals surface area contributed by atoms with E-state index in [9.17, 15) is 0 Å². The molecule has 0 aromatic heterocycles. The summed E-state index contributed by atoms with van der Waals surface area (Å²) in [5.41, 5.74) is 5.71. The van der Waals surface area contributed by atoms with Crippen LogP contribution < -0.4 is 15.8 Å². The maximum absolute atomic E-state index is 5.96.